The van der Waals surface area contributed by atoms with Crippen LogP contribution in [0.4, 0.5) is 0 Å². The summed E-state index contributed by atoms with van der Waals surface area (Å²) in [6, 6.07) is 14.9. The van der Waals surface area contributed by atoms with Crippen molar-refractivity contribution in [2.75, 3.05) is 11.6 Å². The van der Waals surface area contributed by atoms with E-state index in [1.807, 2.05) is 70.2 Å². The molecule has 3 amide bonds. The maximum atomic E-state index is 13.4. The number of rotatable bonds is 7. The van der Waals surface area contributed by atoms with Crippen molar-refractivity contribution in [1.29, 1.82) is 0 Å². The highest BCUT2D eigenvalue weighted by atomic mass is 32.2. The van der Waals surface area contributed by atoms with Gasteiger partial charge in [0.25, 0.3) is 11.8 Å². The largest absolute Gasteiger partial charge is 0.381 e. The molecule has 1 aliphatic heterocycles. The van der Waals surface area contributed by atoms with Crippen LogP contribution in [0.25, 0.3) is 0 Å². The van der Waals surface area contributed by atoms with Crippen LogP contribution in [0.2, 0.25) is 0 Å². The van der Waals surface area contributed by atoms with Gasteiger partial charge in [0.05, 0.1) is 11.9 Å². The smallest absolute Gasteiger partial charge is 0.254 e. The first kappa shape index (κ1) is 25.8. The van der Waals surface area contributed by atoms with Crippen LogP contribution in [0.1, 0.15) is 42.3 Å². The molecule has 0 radical (unpaired) electrons. The number of nitrogens with zero attached hydrogens (tertiary/aromatic N) is 1. The van der Waals surface area contributed by atoms with Gasteiger partial charge in [-0.25, -0.2) is 0 Å². The highest BCUT2D eigenvalue weighted by Crippen LogP contribution is 2.24. The van der Waals surface area contributed by atoms with E-state index in [0.717, 1.165) is 11.1 Å². The highest BCUT2D eigenvalue weighted by molar-refractivity contribution is 7.99. The molecule has 0 spiro atoms. The standard InChI is InChI=1S/C26H33N3O4S/c1-17-10-12-19(13-11-17)23(31)27-20(14-18-8-6-5-7-9-18)22(30)25(33)29-16-34-15-21(29)24(32)28-26(2,3)4/h5-13,20-22,30H,14-16H2,1-4H3,(H,27,31)(H,28,32)/t20-,21?,22-/m0/s1. The number of carbonyl (C=O) groups is 3. The van der Waals surface area contributed by atoms with Gasteiger partial charge in [-0.3, -0.25) is 14.4 Å². The molecule has 0 saturated carbocycles. The lowest BCUT2D eigenvalue weighted by atomic mass is 9.99. The summed E-state index contributed by atoms with van der Waals surface area (Å²) in [5.74, 6) is -0.419. The third-order valence-electron chi connectivity index (χ3n) is 5.53. The van der Waals surface area contributed by atoms with Gasteiger partial charge in [0.2, 0.25) is 5.91 Å². The molecule has 3 rings (SSSR count). The Morgan fingerprint density at radius 3 is 2.35 bits per heavy atom. The zero-order valence-electron chi connectivity index (χ0n) is 20.1. The lowest BCUT2D eigenvalue weighted by molar-refractivity contribution is -0.146. The van der Waals surface area contributed by atoms with Gasteiger partial charge >= 0.3 is 0 Å². The number of nitrogens with one attached hydrogen (secondary N) is 2. The van der Waals surface area contributed by atoms with Crippen LogP contribution in [0.15, 0.2) is 54.6 Å². The predicted molar refractivity (Wildman–Crippen MR) is 134 cm³/mol. The summed E-state index contributed by atoms with van der Waals surface area (Å²) in [5.41, 5.74) is 1.91. The topological polar surface area (TPSA) is 98.7 Å². The summed E-state index contributed by atoms with van der Waals surface area (Å²) in [4.78, 5) is 40.5. The van der Waals surface area contributed by atoms with Gasteiger partial charge in [0, 0.05) is 16.9 Å². The number of amides is 3. The van der Waals surface area contributed by atoms with Gasteiger partial charge in [0.1, 0.15) is 6.04 Å². The highest BCUT2D eigenvalue weighted by Gasteiger charge is 2.40. The number of hydrogen-bond donors (Lipinski definition) is 3. The summed E-state index contributed by atoms with van der Waals surface area (Å²) < 4.78 is 0. The van der Waals surface area contributed by atoms with Gasteiger partial charge < -0.3 is 20.6 Å². The number of thioether (sulfide) groups is 1. The van der Waals surface area contributed by atoms with Crippen LogP contribution in [-0.4, -0.2) is 63.1 Å². The number of carbonyl (C=O) groups excluding carboxylic acids is 3. The van der Waals surface area contributed by atoms with Crippen LogP contribution >= 0.6 is 11.8 Å². The third kappa shape index (κ3) is 6.84. The van der Waals surface area contributed by atoms with Crippen LogP contribution < -0.4 is 10.6 Å². The summed E-state index contributed by atoms with van der Waals surface area (Å²) in [5, 5.41) is 16.9. The molecule has 182 valence electrons. The van der Waals surface area contributed by atoms with Gasteiger partial charge in [-0.1, -0.05) is 48.0 Å². The molecular weight excluding hydrogens is 450 g/mol. The molecule has 1 heterocycles. The van der Waals surface area contributed by atoms with Gasteiger partial charge in [-0.05, 0) is 51.8 Å². The Balaban J connectivity index is 1.79. The molecule has 1 aliphatic rings. The molecule has 1 saturated heterocycles. The number of aryl methyl sites for hydroxylation is 1. The number of aliphatic hydroxyl groups is 1. The Morgan fingerprint density at radius 2 is 1.74 bits per heavy atom. The number of benzene rings is 2. The van der Waals surface area contributed by atoms with Crippen LogP contribution in [0, 0.1) is 6.92 Å². The zero-order chi connectivity index (χ0) is 24.9. The van der Waals surface area contributed by atoms with E-state index in [9.17, 15) is 19.5 Å². The van der Waals surface area contributed by atoms with E-state index in [1.165, 1.54) is 16.7 Å². The van der Waals surface area contributed by atoms with E-state index in [-0.39, 0.29) is 18.2 Å². The van der Waals surface area contributed by atoms with Crippen molar-refractivity contribution in [2.24, 2.45) is 0 Å². The first-order valence-electron chi connectivity index (χ1n) is 11.3. The second kappa shape index (κ2) is 11.1. The maximum Gasteiger partial charge on any atom is 0.254 e. The Morgan fingerprint density at radius 1 is 1.09 bits per heavy atom. The van der Waals surface area contributed by atoms with Crippen molar-refractivity contribution >= 4 is 29.5 Å². The summed E-state index contributed by atoms with van der Waals surface area (Å²) in [7, 11) is 0. The van der Waals surface area contributed by atoms with Crippen molar-refractivity contribution in [3.8, 4) is 0 Å². The predicted octanol–water partition coefficient (Wildman–Crippen LogP) is 2.51. The molecule has 7 nitrogen and oxygen atoms in total. The fraction of sp³-hybridized carbons (Fsp3) is 0.423. The second-order valence-electron chi connectivity index (χ2n) is 9.64. The van der Waals surface area contributed by atoms with Crippen molar-refractivity contribution in [1.82, 2.24) is 15.5 Å². The van der Waals surface area contributed by atoms with E-state index >= 15 is 0 Å². The molecule has 8 heteroatoms. The molecular formula is C26H33N3O4S. The minimum absolute atomic E-state index is 0.249. The summed E-state index contributed by atoms with van der Waals surface area (Å²) in [6.45, 7) is 7.57. The summed E-state index contributed by atoms with van der Waals surface area (Å²) >= 11 is 1.46. The van der Waals surface area contributed by atoms with Crippen molar-refractivity contribution in [3.05, 3.63) is 71.3 Å². The Kier molecular flexibility index (Phi) is 8.38. The molecule has 2 aromatic carbocycles. The minimum Gasteiger partial charge on any atom is -0.381 e. The molecule has 34 heavy (non-hydrogen) atoms. The van der Waals surface area contributed by atoms with E-state index < -0.39 is 29.6 Å². The second-order valence-corrected chi connectivity index (χ2v) is 10.6. The first-order valence-corrected chi connectivity index (χ1v) is 12.5. The SMILES string of the molecule is Cc1ccc(C(=O)N[C@@H](Cc2ccccc2)[C@H](O)C(=O)N2CSCC2C(=O)NC(C)(C)C)cc1. The Hall–Kier alpha value is -2.84. The molecule has 1 unspecified atom stereocenters. The van der Waals surface area contributed by atoms with E-state index in [4.69, 9.17) is 0 Å². The number of hydrogen-bond acceptors (Lipinski definition) is 5. The molecule has 2 aromatic rings. The average Bonchev–Trinajstić information content (AvgIpc) is 3.28. The third-order valence-corrected chi connectivity index (χ3v) is 6.54. The first-order chi connectivity index (χ1) is 16.0. The minimum atomic E-state index is -1.50. The van der Waals surface area contributed by atoms with Gasteiger partial charge in [0.15, 0.2) is 6.10 Å². The fourth-order valence-electron chi connectivity index (χ4n) is 3.74. The van der Waals surface area contributed by atoms with E-state index in [2.05, 4.69) is 10.6 Å². The molecule has 0 aliphatic carbocycles. The monoisotopic (exact) mass is 483 g/mol. The fourth-order valence-corrected chi connectivity index (χ4v) is 4.90. The van der Waals surface area contributed by atoms with E-state index in [1.54, 1.807) is 12.1 Å². The van der Waals surface area contributed by atoms with Crippen LogP contribution in [-0.2, 0) is 16.0 Å². The lowest BCUT2D eigenvalue weighted by Crippen LogP contribution is -2.57. The van der Waals surface area contributed by atoms with Crippen molar-refractivity contribution in [3.63, 3.8) is 0 Å². The quantitative estimate of drug-likeness (QED) is 0.562. The van der Waals surface area contributed by atoms with E-state index in [0.29, 0.717) is 17.2 Å². The van der Waals surface area contributed by atoms with Crippen molar-refractivity contribution < 1.29 is 19.5 Å². The molecule has 3 atom stereocenters. The normalized spacial score (nSPS) is 17.7. The van der Waals surface area contributed by atoms with Crippen LogP contribution in [0.5, 0.6) is 0 Å². The number of aliphatic hydroxyl groups excluding tert-OH is 1. The van der Waals surface area contributed by atoms with Crippen molar-refractivity contribution in [2.45, 2.75) is 57.8 Å². The molecule has 3 N–H and O–H groups in total. The molecule has 1 fully saturated rings. The van der Waals surface area contributed by atoms with Crippen LogP contribution in [0.3, 0.4) is 0 Å². The summed E-state index contributed by atoms with van der Waals surface area (Å²) in [6.07, 6.45) is -1.23. The maximum absolute atomic E-state index is 13.4. The zero-order valence-corrected chi connectivity index (χ0v) is 20.9. The molecule has 0 aromatic heterocycles. The van der Waals surface area contributed by atoms with Gasteiger partial charge in [-0.15, -0.1) is 11.8 Å². The Bertz CT molecular complexity index is 1000. The van der Waals surface area contributed by atoms with Gasteiger partial charge in [-0.2, -0.15) is 0 Å². The lowest BCUT2D eigenvalue weighted by Gasteiger charge is -2.31. The Labute approximate surface area is 205 Å². The average molecular weight is 484 g/mol. The molecule has 0 bridgehead atoms.